The summed E-state index contributed by atoms with van der Waals surface area (Å²) in [6.45, 7) is 1.53. The molecule has 0 aromatic carbocycles. The second-order valence-electron chi connectivity index (χ2n) is 2.59. The zero-order valence-corrected chi connectivity index (χ0v) is 7.57. The van der Waals surface area contributed by atoms with Crippen molar-refractivity contribution < 1.29 is 14.6 Å². The lowest BCUT2D eigenvalue weighted by atomic mass is 10.1. The van der Waals surface area contributed by atoms with Crippen LogP contribution in [0.15, 0.2) is 6.20 Å². The van der Waals surface area contributed by atoms with Gasteiger partial charge in [-0.05, 0) is 6.92 Å². The Hall–Kier alpha value is -1.42. The SMILES string of the molecule is COc1c(C)ncc(CO)c1C=O. The van der Waals surface area contributed by atoms with Gasteiger partial charge in [0.1, 0.15) is 0 Å². The number of carbonyl (C=O) groups is 1. The number of carbonyl (C=O) groups excluding carboxylic acids is 1. The predicted molar refractivity (Wildman–Crippen MR) is 46.8 cm³/mol. The fraction of sp³-hybridized carbons (Fsp3) is 0.333. The van der Waals surface area contributed by atoms with E-state index in [1.165, 1.54) is 13.3 Å². The van der Waals surface area contributed by atoms with Crippen molar-refractivity contribution >= 4 is 6.29 Å². The maximum absolute atomic E-state index is 10.7. The van der Waals surface area contributed by atoms with E-state index in [2.05, 4.69) is 4.98 Å². The maximum atomic E-state index is 10.7. The summed E-state index contributed by atoms with van der Waals surface area (Å²) < 4.78 is 5.00. The summed E-state index contributed by atoms with van der Waals surface area (Å²) in [6, 6.07) is 0. The molecule has 0 saturated heterocycles. The zero-order chi connectivity index (χ0) is 9.84. The summed E-state index contributed by atoms with van der Waals surface area (Å²) in [6.07, 6.45) is 2.14. The van der Waals surface area contributed by atoms with Crippen LogP contribution in [0.1, 0.15) is 21.6 Å². The summed E-state index contributed by atoms with van der Waals surface area (Å²) in [5.41, 5.74) is 1.50. The molecule has 0 fully saturated rings. The molecular formula is C9H11NO3. The number of aryl methyl sites for hydroxylation is 1. The van der Waals surface area contributed by atoms with Gasteiger partial charge in [-0.1, -0.05) is 0 Å². The molecule has 0 spiro atoms. The van der Waals surface area contributed by atoms with E-state index in [1.54, 1.807) is 6.92 Å². The molecule has 1 N–H and O–H groups in total. The van der Waals surface area contributed by atoms with Crippen LogP contribution in [-0.2, 0) is 6.61 Å². The van der Waals surface area contributed by atoms with Gasteiger partial charge in [-0.2, -0.15) is 0 Å². The van der Waals surface area contributed by atoms with E-state index in [0.717, 1.165) is 0 Å². The van der Waals surface area contributed by atoms with Crippen molar-refractivity contribution in [3.63, 3.8) is 0 Å². The van der Waals surface area contributed by atoms with Gasteiger partial charge in [-0.15, -0.1) is 0 Å². The fourth-order valence-corrected chi connectivity index (χ4v) is 1.16. The Morgan fingerprint density at radius 2 is 2.38 bits per heavy atom. The molecule has 0 radical (unpaired) electrons. The number of aromatic nitrogens is 1. The molecule has 0 amide bonds. The number of aldehydes is 1. The van der Waals surface area contributed by atoms with E-state index in [0.29, 0.717) is 28.9 Å². The van der Waals surface area contributed by atoms with E-state index in [1.807, 2.05) is 0 Å². The Morgan fingerprint density at radius 3 is 2.85 bits per heavy atom. The standard InChI is InChI=1S/C9H11NO3/c1-6-9(13-2)8(5-12)7(4-11)3-10-6/h3,5,11H,4H2,1-2H3. The number of nitrogens with zero attached hydrogens (tertiary/aromatic N) is 1. The van der Waals surface area contributed by atoms with E-state index < -0.39 is 0 Å². The largest absolute Gasteiger partial charge is 0.494 e. The summed E-state index contributed by atoms with van der Waals surface area (Å²) in [5, 5.41) is 8.91. The molecule has 0 aliphatic rings. The summed E-state index contributed by atoms with van der Waals surface area (Å²) in [5.74, 6) is 0.432. The highest BCUT2D eigenvalue weighted by atomic mass is 16.5. The van der Waals surface area contributed by atoms with Crippen molar-refractivity contribution in [2.24, 2.45) is 0 Å². The molecule has 1 aromatic rings. The lowest BCUT2D eigenvalue weighted by molar-refractivity contribution is 0.111. The minimum atomic E-state index is -0.211. The first-order chi connectivity index (χ1) is 6.24. The Labute approximate surface area is 76.2 Å². The molecule has 0 aliphatic carbocycles. The highest BCUT2D eigenvalue weighted by Crippen LogP contribution is 2.22. The molecule has 0 saturated carbocycles. The van der Waals surface area contributed by atoms with Crippen LogP contribution in [-0.4, -0.2) is 23.5 Å². The molecule has 0 atom stereocenters. The number of hydrogen-bond donors (Lipinski definition) is 1. The van der Waals surface area contributed by atoms with Gasteiger partial charge in [0.25, 0.3) is 0 Å². The van der Waals surface area contributed by atoms with Crippen LogP contribution in [0.3, 0.4) is 0 Å². The van der Waals surface area contributed by atoms with Crippen molar-refractivity contribution in [1.82, 2.24) is 4.98 Å². The smallest absolute Gasteiger partial charge is 0.154 e. The first kappa shape index (κ1) is 9.67. The molecule has 0 unspecified atom stereocenters. The summed E-state index contributed by atoms with van der Waals surface area (Å²) in [4.78, 5) is 14.7. The minimum absolute atomic E-state index is 0.211. The van der Waals surface area contributed by atoms with Gasteiger partial charge in [0.15, 0.2) is 12.0 Å². The average Bonchev–Trinajstić information content (AvgIpc) is 2.17. The van der Waals surface area contributed by atoms with Crippen molar-refractivity contribution in [1.29, 1.82) is 0 Å². The predicted octanol–water partition coefficient (Wildman–Crippen LogP) is 0.703. The maximum Gasteiger partial charge on any atom is 0.154 e. The van der Waals surface area contributed by atoms with E-state index in [9.17, 15) is 4.79 Å². The minimum Gasteiger partial charge on any atom is -0.494 e. The normalized spacial score (nSPS) is 9.77. The van der Waals surface area contributed by atoms with Crippen LogP contribution in [0.5, 0.6) is 5.75 Å². The number of ether oxygens (including phenoxy) is 1. The molecule has 0 aliphatic heterocycles. The first-order valence-corrected chi connectivity index (χ1v) is 3.83. The fourth-order valence-electron chi connectivity index (χ4n) is 1.16. The number of hydrogen-bond acceptors (Lipinski definition) is 4. The second kappa shape index (κ2) is 4.00. The van der Waals surface area contributed by atoms with Crippen molar-refractivity contribution in [3.8, 4) is 5.75 Å². The van der Waals surface area contributed by atoms with Gasteiger partial charge in [-0.25, -0.2) is 0 Å². The average molecular weight is 181 g/mol. The van der Waals surface area contributed by atoms with Gasteiger partial charge in [-0.3, -0.25) is 9.78 Å². The van der Waals surface area contributed by atoms with Crippen molar-refractivity contribution in [2.45, 2.75) is 13.5 Å². The number of rotatable bonds is 3. The second-order valence-corrected chi connectivity index (χ2v) is 2.59. The Bertz CT molecular complexity index is 323. The monoisotopic (exact) mass is 181 g/mol. The molecule has 1 heterocycles. The van der Waals surface area contributed by atoms with E-state index in [4.69, 9.17) is 9.84 Å². The van der Waals surface area contributed by atoms with Crippen molar-refractivity contribution in [3.05, 3.63) is 23.0 Å². The summed E-state index contributed by atoms with van der Waals surface area (Å²) >= 11 is 0. The van der Waals surface area contributed by atoms with Gasteiger partial charge >= 0.3 is 0 Å². The van der Waals surface area contributed by atoms with Gasteiger partial charge in [0, 0.05) is 11.8 Å². The topological polar surface area (TPSA) is 59.4 Å². The third-order valence-corrected chi connectivity index (χ3v) is 1.83. The van der Waals surface area contributed by atoms with Gasteiger partial charge in [0.05, 0.1) is 25.0 Å². The Balaban J connectivity index is 3.36. The summed E-state index contributed by atoms with van der Waals surface area (Å²) in [7, 11) is 1.47. The number of aliphatic hydroxyl groups is 1. The molecule has 4 nitrogen and oxygen atoms in total. The highest BCUT2D eigenvalue weighted by Gasteiger charge is 2.11. The molecule has 1 rings (SSSR count). The van der Waals surface area contributed by atoms with Crippen LogP contribution in [0.2, 0.25) is 0 Å². The third-order valence-electron chi connectivity index (χ3n) is 1.83. The molecule has 0 bridgehead atoms. The Kier molecular flexibility index (Phi) is 2.97. The van der Waals surface area contributed by atoms with Gasteiger partial charge < -0.3 is 9.84 Å². The molecule has 4 heteroatoms. The molecule has 70 valence electrons. The first-order valence-electron chi connectivity index (χ1n) is 3.83. The number of methoxy groups -OCH3 is 1. The zero-order valence-electron chi connectivity index (χ0n) is 7.57. The van der Waals surface area contributed by atoms with E-state index >= 15 is 0 Å². The van der Waals surface area contributed by atoms with Crippen LogP contribution >= 0.6 is 0 Å². The number of aliphatic hydroxyl groups excluding tert-OH is 1. The van der Waals surface area contributed by atoms with Crippen LogP contribution in [0.4, 0.5) is 0 Å². The Morgan fingerprint density at radius 1 is 1.69 bits per heavy atom. The quantitative estimate of drug-likeness (QED) is 0.697. The van der Waals surface area contributed by atoms with Crippen LogP contribution < -0.4 is 4.74 Å². The van der Waals surface area contributed by atoms with Crippen LogP contribution in [0, 0.1) is 6.92 Å². The molecule has 1 aromatic heterocycles. The highest BCUT2D eigenvalue weighted by molar-refractivity contribution is 5.81. The number of pyridine rings is 1. The van der Waals surface area contributed by atoms with Gasteiger partial charge in [0.2, 0.25) is 0 Å². The van der Waals surface area contributed by atoms with Crippen molar-refractivity contribution in [2.75, 3.05) is 7.11 Å². The van der Waals surface area contributed by atoms with E-state index in [-0.39, 0.29) is 6.61 Å². The lowest BCUT2D eigenvalue weighted by Crippen LogP contribution is -2.01. The molecule has 13 heavy (non-hydrogen) atoms. The van der Waals surface area contributed by atoms with Crippen LogP contribution in [0.25, 0.3) is 0 Å². The third kappa shape index (κ3) is 1.67. The molecular weight excluding hydrogens is 170 g/mol. The lowest BCUT2D eigenvalue weighted by Gasteiger charge is -2.09.